The van der Waals surface area contributed by atoms with Gasteiger partial charge in [0.15, 0.2) is 0 Å². The molecule has 3 aliphatic rings. The number of primary amides is 1. The summed E-state index contributed by atoms with van der Waals surface area (Å²) in [6.07, 6.45) is 7.87. The number of aryl methyl sites for hydroxylation is 1. The Labute approximate surface area is 310 Å². The standard InChI is InChI=1S/C40H47FN6O5S/c1-27-43-19-22-47(27)40(31-5-3-6-32(41)23-31,36-7-4-8-37(36)44-39(49)52-2)30-17-20-45(21-18-30)24-28-25-46(26-28)33-11-15-35(16-12-33)53(50,51)34-13-9-29(10-14-34)38(42)48/h3,5-6,9-16,19,22-23,28,30,36-37H,4,7-8,17-18,20-21,24-26H2,1-2H3,(H2,42,48)(H,44,49)/t36-,37-,40?/m0/s1. The second-order valence-corrected chi connectivity index (χ2v) is 16.6. The molecule has 1 saturated carbocycles. The molecule has 0 radical (unpaired) electrons. The number of likely N-dealkylation sites (tertiary alicyclic amines) is 1. The van der Waals surface area contributed by atoms with Crippen molar-refractivity contribution in [3.63, 3.8) is 0 Å². The molecule has 3 aromatic carbocycles. The van der Waals surface area contributed by atoms with Gasteiger partial charge in [-0.15, -0.1) is 0 Å². The number of hydrogen-bond donors (Lipinski definition) is 2. The Morgan fingerprint density at radius 2 is 1.66 bits per heavy atom. The van der Waals surface area contributed by atoms with Gasteiger partial charge in [0, 0.05) is 61.2 Å². The van der Waals surface area contributed by atoms with Crippen LogP contribution in [0.25, 0.3) is 0 Å². The highest BCUT2D eigenvalue weighted by molar-refractivity contribution is 7.91. The Morgan fingerprint density at radius 3 is 2.26 bits per heavy atom. The molecular formula is C40H47FN6O5S. The zero-order valence-corrected chi connectivity index (χ0v) is 31.0. The number of nitrogens with zero attached hydrogens (tertiary/aromatic N) is 4. The van der Waals surface area contributed by atoms with E-state index in [0.29, 0.717) is 5.92 Å². The lowest BCUT2D eigenvalue weighted by molar-refractivity contribution is 0.0457. The normalized spacial score (nSPS) is 21.2. The number of nitrogens with one attached hydrogen (secondary N) is 1. The summed E-state index contributed by atoms with van der Waals surface area (Å²) in [6, 6.07) is 19.5. The molecule has 13 heteroatoms. The predicted molar refractivity (Wildman–Crippen MR) is 199 cm³/mol. The number of nitrogens with two attached hydrogens (primary N) is 1. The SMILES string of the molecule is COC(=O)N[C@H]1CCC[C@@H]1C(c1cccc(F)c1)(C1CCN(CC2CN(c3ccc(S(=O)(=O)c4ccc(C(N)=O)cc4)cc3)C2)CC1)n1ccnc1C. The van der Waals surface area contributed by atoms with E-state index in [1.807, 2.05) is 37.5 Å². The maximum atomic E-state index is 15.1. The maximum absolute atomic E-state index is 15.1. The van der Waals surface area contributed by atoms with Crippen LogP contribution in [-0.4, -0.2) is 80.7 Å². The summed E-state index contributed by atoms with van der Waals surface area (Å²) < 4.78 is 48.7. The Bertz CT molecular complexity index is 2040. The minimum Gasteiger partial charge on any atom is -0.453 e. The van der Waals surface area contributed by atoms with Crippen molar-refractivity contribution in [3.8, 4) is 0 Å². The quantitative estimate of drug-likeness (QED) is 0.209. The van der Waals surface area contributed by atoms with Crippen molar-refractivity contribution >= 4 is 27.5 Å². The molecule has 1 aliphatic carbocycles. The molecule has 3 N–H and O–H groups in total. The first-order valence-electron chi connectivity index (χ1n) is 18.3. The third-order valence-electron chi connectivity index (χ3n) is 11.7. The van der Waals surface area contributed by atoms with Crippen LogP contribution in [0.5, 0.6) is 0 Å². The highest BCUT2D eigenvalue weighted by Gasteiger charge is 2.54. The first kappa shape index (κ1) is 36.6. The van der Waals surface area contributed by atoms with E-state index < -0.39 is 27.4 Å². The molecule has 53 heavy (non-hydrogen) atoms. The van der Waals surface area contributed by atoms with Crippen molar-refractivity contribution in [1.82, 2.24) is 19.8 Å². The lowest BCUT2D eigenvalue weighted by atomic mass is 9.64. The van der Waals surface area contributed by atoms with Crippen LogP contribution in [-0.2, 0) is 20.1 Å². The molecule has 3 heterocycles. The number of alkyl carbamates (subject to hydrolysis) is 1. The van der Waals surface area contributed by atoms with Gasteiger partial charge in [0.25, 0.3) is 0 Å². The molecule has 2 amide bonds. The number of amides is 2. The molecule has 2 saturated heterocycles. The lowest BCUT2D eigenvalue weighted by Gasteiger charge is -2.52. The number of sulfone groups is 1. The van der Waals surface area contributed by atoms with Crippen LogP contribution in [0.3, 0.4) is 0 Å². The van der Waals surface area contributed by atoms with E-state index in [0.717, 1.165) is 81.9 Å². The first-order valence-corrected chi connectivity index (χ1v) is 19.8. The number of piperidine rings is 1. The summed E-state index contributed by atoms with van der Waals surface area (Å²) in [5.41, 5.74) is 6.82. The van der Waals surface area contributed by atoms with Gasteiger partial charge in [-0.05, 0) is 118 Å². The lowest BCUT2D eigenvalue weighted by Crippen LogP contribution is -2.58. The number of hydrogen-bond acceptors (Lipinski definition) is 8. The zero-order valence-electron chi connectivity index (χ0n) is 30.2. The molecular weight excluding hydrogens is 696 g/mol. The minimum absolute atomic E-state index is 0.0109. The van der Waals surface area contributed by atoms with Crippen LogP contribution < -0.4 is 16.0 Å². The Kier molecular flexibility index (Phi) is 10.3. The second-order valence-electron chi connectivity index (χ2n) is 14.7. The summed E-state index contributed by atoms with van der Waals surface area (Å²) in [5.74, 6) is 0.636. The van der Waals surface area contributed by atoms with Crippen LogP contribution in [0.1, 0.15) is 53.8 Å². The number of aromatic nitrogens is 2. The topological polar surface area (TPSA) is 140 Å². The van der Waals surface area contributed by atoms with Crippen molar-refractivity contribution in [1.29, 1.82) is 0 Å². The zero-order chi connectivity index (χ0) is 37.3. The van der Waals surface area contributed by atoms with E-state index in [4.69, 9.17) is 10.5 Å². The molecule has 4 aromatic rings. The number of imidazole rings is 1. The number of anilines is 1. The average molecular weight is 743 g/mol. The van der Waals surface area contributed by atoms with Crippen molar-refractivity contribution in [3.05, 3.63) is 108 Å². The third-order valence-corrected chi connectivity index (χ3v) is 13.5. The van der Waals surface area contributed by atoms with Crippen LogP contribution in [0, 0.1) is 30.5 Å². The fourth-order valence-corrected chi connectivity index (χ4v) is 10.5. The van der Waals surface area contributed by atoms with Gasteiger partial charge >= 0.3 is 6.09 Å². The summed E-state index contributed by atoms with van der Waals surface area (Å²) in [6.45, 7) is 6.53. The monoisotopic (exact) mass is 742 g/mol. The fraction of sp³-hybridized carbons (Fsp3) is 0.425. The minimum atomic E-state index is -3.73. The van der Waals surface area contributed by atoms with E-state index in [9.17, 15) is 18.0 Å². The smallest absolute Gasteiger partial charge is 0.407 e. The summed E-state index contributed by atoms with van der Waals surface area (Å²) >= 11 is 0. The largest absolute Gasteiger partial charge is 0.453 e. The molecule has 0 spiro atoms. The Balaban J connectivity index is 1.03. The fourth-order valence-electron chi connectivity index (χ4n) is 9.23. The Hall–Kier alpha value is -4.75. The highest BCUT2D eigenvalue weighted by Crippen LogP contribution is 2.52. The number of ether oxygens (including phenoxy) is 1. The molecule has 1 aromatic heterocycles. The van der Waals surface area contributed by atoms with Gasteiger partial charge in [-0.3, -0.25) is 4.79 Å². The van der Waals surface area contributed by atoms with Crippen LogP contribution >= 0.6 is 0 Å². The number of rotatable bonds is 11. The number of carbonyl (C=O) groups excluding carboxylic acids is 2. The van der Waals surface area contributed by atoms with E-state index in [2.05, 4.69) is 24.7 Å². The first-order chi connectivity index (χ1) is 25.5. The second kappa shape index (κ2) is 14.9. The van der Waals surface area contributed by atoms with E-state index in [1.54, 1.807) is 24.3 Å². The molecule has 11 nitrogen and oxygen atoms in total. The predicted octanol–water partition coefficient (Wildman–Crippen LogP) is 5.38. The molecule has 1 unspecified atom stereocenters. The van der Waals surface area contributed by atoms with Gasteiger partial charge in [-0.25, -0.2) is 22.6 Å². The number of carbonyl (C=O) groups is 2. The molecule has 3 atom stereocenters. The summed E-state index contributed by atoms with van der Waals surface area (Å²) in [7, 11) is -2.35. The third kappa shape index (κ3) is 7.04. The summed E-state index contributed by atoms with van der Waals surface area (Å²) in [4.78, 5) is 33.7. The van der Waals surface area contributed by atoms with Crippen LogP contribution in [0.15, 0.2) is 95.0 Å². The van der Waals surface area contributed by atoms with Crippen molar-refractivity contribution < 1.29 is 27.1 Å². The van der Waals surface area contributed by atoms with Crippen molar-refractivity contribution in [2.24, 2.45) is 23.5 Å². The van der Waals surface area contributed by atoms with Crippen molar-refractivity contribution in [2.45, 2.75) is 60.4 Å². The Morgan fingerprint density at radius 1 is 0.981 bits per heavy atom. The summed E-state index contributed by atoms with van der Waals surface area (Å²) in [5, 5.41) is 3.13. The number of benzene rings is 3. The van der Waals surface area contributed by atoms with Crippen molar-refractivity contribution in [2.75, 3.05) is 44.7 Å². The van der Waals surface area contributed by atoms with Crippen LogP contribution in [0.4, 0.5) is 14.9 Å². The van der Waals surface area contributed by atoms with E-state index >= 15 is 4.39 Å². The molecule has 0 bridgehead atoms. The van der Waals surface area contributed by atoms with E-state index in [1.165, 1.54) is 37.4 Å². The van der Waals surface area contributed by atoms with Gasteiger partial charge in [0.05, 0.1) is 22.4 Å². The van der Waals surface area contributed by atoms with Gasteiger partial charge in [-0.1, -0.05) is 18.6 Å². The average Bonchev–Trinajstić information content (AvgIpc) is 3.80. The number of halogens is 1. The van der Waals surface area contributed by atoms with E-state index in [-0.39, 0.29) is 39.0 Å². The van der Waals surface area contributed by atoms with Gasteiger partial charge in [0.2, 0.25) is 15.7 Å². The molecule has 2 aliphatic heterocycles. The van der Waals surface area contributed by atoms with Gasteiger partial charge < -0.3 is 30.2 Å². The maximum Gasteiger partial charge on any atom is 0.407 e. The van der Waals surface area contributed by atoms with Gasteiger partial charge in [-0.2, -0.15) is 0 Å². The molecule has 7 rings (SSSR count). The number of methoxy groups -OCH3 is 1. The molecule has 3 fully saturated rings. The van der Waals surface area contributed by atoms with Crippen LogP contribution in [0.2, 0.25) is 0 Å². The molecule has 280 valence electrons. The highest BCUT2D eigenvalue weighted by atomic mass is 32.2. The van der Waals surface area contributed by atoms with Gasteiger partial charge in [0.1, 0.15) is 11.6 Å².